The Kier molecular flexibility index (Phi) is 5.38. The third-order valence-electron chi connectivity index (χ3n) is 3.91. The molecule has 1 N–H and O–H groups in total. The number of nitro groups is 1. The fourth-order valence-corrected chi connectivity index (χ4v) is 3.20. The lowest BCUT2D eigenvalue weighted by molar-refractivity contribution is -0.385. The predicted octanol–water partition coefficient (Wildman–Crippen LogP) is 4.00. The molecule has 0 unspecified atom stereocenters. The zero-order valence-electron chi connectivity index (χ0n) is 14.1. The Labute approximate surface area is 154 Å². The highest BCUT2D eigenvalue weighted by atomic mass is 32.1. The van der Waals surface area contributed by atoms with Crippen LogP contribution in [0.4, 0.5) is 5.69 Å². The van der Waals surface area contributed by atoms with E-state index in [1.807, 2.05) is 36.6 Å². The van der Waals surface area contributed by atoms with Gasteiger partial charge in [-0.05, 0) is 25.0 Å². The third-order valence-corrected chi connectivity index (χ3v) is 4.69. The first-order valence-corrected chi connectivity index (χ1v) is 8.95. The topological polar surface area (TPSA) is 85.1 Å². The first-order chi connectivity index (χ1) is 12.5. The van der Waals surface area contributed by atoms with E-state index in [9.17, 15) is 14.9 Å². The molecule has 0 aliphatic rings. The number of hydrogen-bond acceptors (Lipinski definition) is 5. The molecule has 0 saturated carbocycles. The van der Waals surface area contributed by atoms with E-state index in [0.29, 0.717) is 13.0 Å². The maximum atomic E-state index is 12.2. The highest BCUT2D eigenvalue weighted by Crippen LogP contribution is 2.22. The van der Waals surface area contributed by atoms with Crippen LogP contribution in [0, 0.1) is 17.0 Å². The molecule has 0 bridgehead atoms. The molecule has 3 aromatic rings. The Balaban J connectivity index is 1.58. The minimum absolute atomic E-state index is 0.0757. The summed E-state index contributed by atoms with van der Waals surface area (Å²) < 4.78 is 0. The van der Waals surface area contributed by atoms with Crippen molar-refractivity contribution in [3.63, 3.8) is 0 Å². The van der Waals surface area contributed by atoms with Crippen LogP contribution in [-0.4, -0.2) is 22.4 Å². The number of amides is 1. The molecule has 0 aliphatic carbocycles. The Bertz CT molecular complexity index is 935. The second kappa shape index (κ2) is 7.88. The van der Waals surface area contributed by atoms with Gasteiger partial charge in [0.05, 0.1) is 15.6 Å². The van der Waals surface area contributed by atoms with Gasteiger partial charge >= 0.3 is 0 Å². The molecular weight excluding hydrogens is 350 g/mol. The largest absolute Gasteiger partial charge is 0.351 e. The van der Waals surface area contributed by atoms with Gasteiger partial charge < -0.3 is 5.32 Å². The first kappa shape index (κ1) is 17.8. The van der Waals surface area contributed by atoms with Gasteiger partial charge in [0.2, 0.25) is 0 Å². The Morgan fingerprint density at radius 3 is 2.58 bits per heavy atom. The maximum absolute atomic E-state index is 12.2. The van der Waals surface area contributed by atoms with E-state index in [1.165, 1.54) is 12.1 Å². The van der Waals surface area contributed by atoms with Crippen molar-refractivity contribution in [2.24, 2.45) is 0 Å². The van der Waals surface area contributed by atoms with Crippen molar-refractivity contribution in [2.45, 2.75) is 13.3 Å². The van der Waals surface area contributed by atoms with Crippen LogP contribution in [0.5, 0.6) is 0 Å². The number of nitro benzene ring substituents is 1. The Hall–Kier alpha value is -3.06. The fourth-order valence-electron chi connectivity index (χ4n) is 2.58. The second-order valence-corrected chi connectivity index (χ2v) is 6.79. The van der Waals surface area contributed by atoms with Crippen molar-refractivity contribution in [3.05, 3.63) is 80.2 Å². The lowest BCUT2D eigenvalue weighted by Gasteiger charge is -2.06. The molecule has 1 heterocycles. The molecule has 7 heteroatoms. The Morgan fingerprint density at radius 1 is 1.19 bits per heavy atom. The van der Waals surface area contributed by atoms with Crippen LogP contribution in [-0.2, 0) is 6.42 Å². The molecule has 0 aliphatic heterocycles. The molecule has 1 amide bonds. The van der Waals surface area contributed by atoms with Crippen LogP contribution in [0.2, 0.25) is 0 Å². The van der Waals surface area contributed by atoms with Gasteiger partial charge in [-0.2, -0.15) is 0 Å². The highest BCUT2D eigenvalue weighted by Gasteiger charge is 2.18. The first-order valence-electron chi connectivity index (χ1n) is 8.07. The van der Waals surface area contributed by atoms with E-state index in [-0.39, 0.29) is 11.3 Å². The van der Waals surface area contributed by atoms with E-state index in [1.54, 1.807) is 23.5 Å². The lowest BCUT2D eigenvalue weighted by atomic mass is 10.1. The third kappa shape index (κ3) is 4.12. The molecule has 0 fully saturated rings. The van der Waals surface area contributed by atoms with Crippen LogP contribution in [0.15, 0.2) is 53.9 Å². The predicted molar refractivity (Wildman–Crippen MR) is 101 cm³/mol. The number of nitrogens with one attached hydrogen (secondary N) is 1. The summed E-state index contributed by atoms with van der Waals surface area (Å²) in [5.74, 6) is -0.438. The zero-order chi connectivity index (χ0) is 18.5. The van der Waals surface area contributed by atoms with Gasteiger partial charge in [-0.3, -0.25) is 14.9 Å². The lowest BCUT2D eigenvalue weighted by Crippen LogP contribution is -2.26. The summed E-state index contributed by atoms with van der Waals surface area (Å²) in [6.45, 7) is 2.38. The van der Waals surface area contributed by atoms with Crippen molar-refractivity contribution < 1.29 is 9.72 Å². The summed E-state index contributed by atoms with van der Waals surface area (Å²) in [4.78, 5) is 27.1. The van der Waals surface area contributed by atoms with Gasteiger partial charge in [-0.1, -0.05) is 36.4 Å². The van der Waals surface area contributed by atoms with Crippen molar-refractivity contribution >= 4 is 22.9 Å². The minimum atomic E-state index is -0.548. The number of carbonyl (C=O) groups is 1. The number of aromatic nitrogens is 1. The van der Waals surface area contributed by atoms with Gasteiger partial charge in [0, 0.05) is 23.6 Å². The summed E-state index contributed by atoms with van der Waals surface area (Å²) in [5.41, 5.74) is 2.98. The van der Waals surface area contributed by atoms with Crippen LogP contribution < -0.4 is 5.32 Å². The molecule has 26 heavy (non-hydrogen) atoms. The number of para-hydroxylation sites is 1. The fraction of sp³-hybridized carbons (Fsp3) is 0.158. The number of rotatable bonds is 6. The minimum Gasteiger partial charge on any atom is -0.351 e. The standard InChI is InChI=1S/C19H17N3O3S/c1-13-21-17(12-26-13)15-8-6-14(7-9-15)10-11-20-19(23)16-4-2-3-5-18(16)22(24)25/h2-9,12H,10-11H2,1H3,(H,20,23). The number of aryl methyl sites for hydroxylation is 1. The molecule has 2 aromatic carbocycles. The average Bonchev–Trinajstić information content (AvgIpc) is 3.08. The molecule has 0 spiro atoms. The maximum Gasteiger partial charge on any atom is 0.282 e. The van der Waals surface area contributed by atoms with Crippen LogP contribution in [0.3, 0.4) is 0 Å². The van der Waals surface area contributed by atoms with E-state index >= 15 is 0 Å². The highest BCUT2D eigenvalue weighted by molar-refractivity contribution is 7.09. The molecule has 0 saturated heterocycles. The normalized spacial score (nSPS) is 10.5. The molecule has 0 radical (unpaired) electrons. The molecular formula is C19H17N3O3S. The molecule has 3 rings (SSSR count). The van der Waals surface area contributed by atoms with Crippen molar-refractivity contribution in [1.82, 2.24) is 10.3 Å². The summed E-state index contributed by atoms with van der Waals surface area (Å²) in [5, 5.41) is 16.8. The van der Waals surface area contributed by atoms with Crippen molar-refractivity contribution in [3.8, 4) is 11.3 Å². The van der Waals surface area contributed by atoms with Crippen LogP contribution in [0.1, 0.15) is 20.9 Å². The van der Waals surface area contributed by atoms with Crippen LogP contribution in [0.25, 0.3) is 11.3 Å². The monoisotopic (exact) mass is 367 g/mol. The summed E-state index contributed by atoms with van der Waals surface area (Å²) in [6, 6.07) is 14.0. The number of carbonyl (C=O) groups excluding carboxylic acids is 1. The van der Waals surface area contributed by atoms with Gasteiger partial charge in [-0.25, -0.2) is 4.98 Å². The number of nitrogens with zero attached hydrogens (tertiary/aromatic N) is 2. The smallest absolute Gasteiger partial charge is 0.282 e. The summed E-state index contributed by atoms with van der Waals surface area (Å²) >= 11 is 1.62. The molecule has 1 aromatic heterocycles. The summed E-state index contributed by atoms with van der Waals surface area (Å²) in [7, 11) is 0. The van der Waals surface area contributed by atoms with Crippen molar-refractivity contribution in [1.29, 1.82) is 0 Å². The quantitative estimate of drug-likeness (QED) is 0.527. The van der Waals surface area contributed by atoms with E-state index in [0.717, 1.165) is 21.8 Å². The second-order valence-electron chi connectivity index (χ2n) is 5.73. The molecule has 0 atom stereocenters. The Morgan fingerprint density at radius 2 is 1.92 bits per heavy atom. The van der Waals surface area contributed by atoms with Gasteiger partial charge in [0.1, 0.15) is 5.56 Å². The molecule has 6 nitrogen and oxygen atoms in total. The van der Waals surface area contributed by atoms with Crippen molar-refractivity contribution in [2.75, 3.05) is 6.54 Å². The van der Waals surface area contributed by atoms with Gasteiger partial charge in [-0.15, -0.1) is 11.3 Å². The number of thiazole rings is 1. The SMILES string of the molecule is Cc1nc(-c2ccc(CCNC(=O)c3ccccc3[N+](=O)[O-])cc2)cs1. The molecule has 132 valence electrons. The van der Waals surface area contributed by atoms with Crippen LogP contribution >= 0.6 is 11.3 Å². The number of benzene rings is 2. The van der Waals surface area contributed by atoms with Gasteiger partial charge in [0.15, 0.2) is 0 Å². The average molecular weight is 367 g/mol. The van der Waals surface area contributed by atoms with Gasteiger partial charge in [0.25, 0.3) is 11.6 Å². The van der Waals surface area contributed by atoms with E-state index in [4.69, 9.17) is 0 Å². The number of hydrogen-bond donors (Lipinski definition) is 1. The zero-order valence-corrected chi connectivity index (χ0v) is 15.0. The summed E-state index contributed by atoms with van der Waals surface area (Å²) in [6.07, 6.45) is 0.642. The van der Waals surface area contributed by atoms with E-state index in [2.05, 4.69) is 10.3 Å². The van der Waals surface area contributed by atoms with E-state index < -0.39 is 10.8 Å².